The molecule has 6 heteroatoms. The summed E-state index contributed by atoms with van der Waals surface area (Å²) in [5, 5.41) is 2.23. The molecule has 228 valence electrons. The number of likely N-dealkylation sites (tertiary alicyclic amines) is 1. The smallest absolute Gasteiger partial charge is 0.220 e. The fourth-order valence-corrected chi connectivity index (χ4v) is 8.63. The molecule has 4 aromatic rings. The fraction of sp³-hybridized carbons (Fsp3) is 0.486. The van der Waals surface area contributed by atoms with Crippen LogP contribution in [0.1, 0.15) is 84.6 Å². The molecule has 2 aliphatic rings. The van der Waals surface area contributed by atoms with Gasteiger partial charge in [-0.2, -0.15) is 0 Å². The summed E-state index contributed by atoms with van der Waals surface area (Å²) >= 11 is 1.91. The summed E-state index contributed by atoms with van der Waals surface area (Å²) in [7, 11) is 6.65. The molecule has 1 aliphatic carbocycles. The van der Waals surface area contributed by atoms with Gasteiger partial charge in [-0.15, -0.1) is 11.3 Å². The van der Waals surface area contributed by atoms with E-state index < -0.39 is 0 Å². The number of hydrogen-bond donors (Lipinski definition) is 0. The quantitative estimate of drug-likeness (QED) is 0.173. The van der Waals surface area contributed by atoms with Crippen LogP contribution in [0.5, 0.6) is 0 Å². The van der Waals surface area contributed by atoms with Crippen molar-refractivity contribution in [2.45, 2.75) is 70.0 Å². The highest BCUT2D eigenvalue weighted by Crippen LogP contribution is 2.46. The van der Waals surface area contributed by atoms with Gasteiger partial charge in [-0.05, 0) is 100 Å². The average Bonchev–Trinajstić information content (AvgIpc) is 3.70. The molecule has 0 bridgehead atoms. The van der Waals surface area contributed by atoms with E-state index in [1.165, 1.54) is 60.9 Å². The van der Waals surface area contributed by atoms with Crippen molar-refractivity contribution < 1.29 is 4.42 Å². The van der Waals surface area contributed by atoms with Gasteiger partial charge in [-0.1, -0.05) is 73.2 Å². The predicted molar refractivity (Wildman–Crippen MR) is 179 cm³/mol. The molecule has 3 heterocycles. The van der Waals surface area contributed by atoms with E-state index in [0.29, 0.717) is 17.9 Å². The highest BCUT2D eigenvalue weighted by Gasteiger charge is 2.39. The normalized spacial score (nSPS) is 21.1. The van der Waals surface area contributed by atoms with Gasteiger partial charge in [0.15, 0.2) is 0 Å². The van der Waals surface area contributed by atoms with Crippen molar-refractivity contribution in [2.75, 3.05) is 39.1 Å². The number of nitrogens with zero attached hydrogens (tertiary/aromatic N) is 4. The van der Waals surface area contributed by atoms with E-state index in [0.717, 1.165) is 43.5 Å². The van der Waals surface area contributed by atoms with E-state index in [4.69, 9.17) is 9.40 Å². The number of anilines is 1. The molecule has 1 saturated carbocycles. The SMILES string of the molecule is CN(Cc1ccccc1)c1oc(C(C2CCC(C(c3cccs3)N(C)C)CC2)N2CCCCC2)nc1Cc1ccccc1. The number of oxazole rings is 1. The molecule has 0 N–H and O–H groups in total. The van der Waals surface area contributed by atoms with Crippen LogP contribution < -0.4 is 4.90 Å². The first kappa shape index (κ1) is 30.1. The van der Waals surface area contributed by atoms with Gasteiger partial charge in [0.1, 0.15) is 5.69 Å². The lowest BCUT2D eigenvalue weighted by molar-refractivity contribution is 0.0564. The molecule has 1 saturated heterocycles. The molecule has 2 fully saturated rings. The van der Waals surface area contributed by atoms with Crippen molar-refractivity contribution in [1.82, 2.24) is 14.8 Å². The maximum Gasteiger partial charge on any atom is 0.220 e. The van der Waals surface area contributed by atoms with Gasteiger partial charge in [0.2, 0.25) is 11.8 Å². The molecule has 0 radical (unpaired) electrons. The van der Waals surface area contributed by atoms with Crippen LogP contribution in [0.4, 0.5) is 5.88 Å². The number of piperidine rings is 1. The Balaban J connectivity index is 1.28. The summed E-state index contributed by atoms with van der Waals surface area (Å²) in [6, 6.07) is 26.7. The van der Waals surface area contributed by atoms with Crippen molar-refractivity contribution in [3.63, 3.8) is 0 Å². The summed E-state index contributed by atoms with van der Waals surface area (Å²) in [6.07, 6.45) is 9.62. The summed E-state index contributed by atoms with van der Waals surface area (Å²) in [5.41, 5.74) is 3.61. The third kappa shape index (κ3) is 7.25. The minimum absolute atomic E-state index is 0.245. The molecule has 0 amide bonds. The van der Waals surface area contributed by atoms with Gasteiger partial charge < -0.3 is 14.2 Å². The van der Waals surface area contributed by atoms with Crippen LogP contribution in [0, 0.1) is 11.8 Å². The Morgan fingerprint density at radius 2 is 1.47 bits per heavy atom. The van der Waals surface area contributed by atoms with Crippen molar-refractivity contribution in [3.8, 4) is 0 Å². The predicted octanol–water partition coefficient (Wildman–Crippen LogP) is 8.60. The molecule has 2 atom stereocenters. The van der Waals surface area contributed by atoms with Crippen LogP contribution >= 0.6 is 11.3 Å². The summed E-state index contributed by atoms with van der Waals surface area (Å²) in [6.45, 7) is 3.09. The van der Waals surface area contributed by atoms with E-state index in [9.17, 15) is 0 Å². The Hall–Kier alpha value is -2.93. The minimum Gasteiger partial charge on any atom is -0.423 e. The van der Waals surface area contributed by atoms with Crippen LogP contribution in [-0.2, 0) is 13.0 Å². The zero-order valence-corrected chi connectivity index (χ0v) is 27.0. The number of aromatic nitrogens is 1. The van der Waals surface area contributed by atoms with Crippen LogP contribution in [0.3, 0.4) is 0 Å². The lowest BCUT2D eigenvalue weighted by Crippen LogP contribution is -2.40. The van der Waals surface area contributed by atoms with E-state index in [1.807, 2.05) is 11.3 Å². The molecular weight excluding hydrogens is 549 g/mol. The zero-order chi connectivity index (χ0) is 29.6. The van der Waals surface area contributed by atoms with Gasteiger partial charge in [0.25, 0.3) is 0 Å². The number of benzene rings is 2. The van der Waals surface area contributed by atoms with Crippen molar-refractivity contribution in [2.24, 2.45) is 11.8 Å². The molecule has 2 unspecified atom stereocenters. The largest absolute Gasteiger partial charge is 0.423 e. The summed E-state index contributed by atoms with van der Waals surface area (Å²) in [4.78, 5) is 14.3. The highest BCUT2D eigenvalue weighted by molar-refractivity contribution is 7.10. The Morgan fingerprint density at radius 1 is 0.814 bits per heavy atom. The first-order valence-electron chi connectivity index (χ1n) is 16.3. The third-order valence-electron chi connectivity index (χ3n) is 9.65. The maximum absolute atomic E-state index is 6.93. The van der Waals surface area contributed by atoms with Gasteiger partial charge in [0.05, 0.1) is 6.04 Å². The number of thiophene rings is 1. The maximum atomic E-state index is 6.93. The first-order valence-corrected chi connectivity index (χ1v) is 17.2. The second-order valence-electron chi connectivity index (χ2n) is 12.9. The Morgan fingerprint density at radius 3 is 2.09 bits per heavy atom. The standard InChI is InChI=1S/C37H48N4OS/c1-39(2)34(33-18-13-25-43-33)30-19-21-31(22-20-30)35(41-23-11-6-12-24-41)36-38-32(26-28-14-7-4-8-15-28)37(42-36)40(3)27-29-16-9-5-10-17-29/h4-5,7-10,13-18,25,30-31,34-35H,6,11-12,19-24,26-27H2,1-3H3. The lowest BCUT2D eigenvalue weighted by Gasteiger charge is -2.42. The number of hydrogen-bond acceptors (Lipinski definition) is 6. The second-order valence-corrected chi connectivity index (χ2v) is 13.9. The first-order chi connectivity index (χ1) is 21.1. The summed E-state index contributed by atoms with van der Waals surface area (Å²) in [5.74, 6) is 3.12. The molecule has 43 heavy (non-hydrogen) atoms. The van der Waals surface area contributed by atoms with E-state index in [2.05, 4.69) is 114 Å². The highest BCUT2D eigenvalue weighted by atomic mass is 32.1. The fourth-order valence-electron chi connectivity index (χ4n) is 7.62. The monoisotopic (exact) mass is 596 g/mol. The lowest BCUT2D eigenvalue weighted by atomic mass is 9.74. The molecule has 1 aliphatic heterocycles. The van der Waals surface area contributed by atoms with E-state index in [1.54, 1.807) is 0 Å². The van der Waals surface area contributed by atoms with Crippen LogP contribution in [0.25, 0.3) is 0 Å². The second kappa shape index (κ2) is 14.2. The summed E-state index contributed by atoms with van der Waals surface area (Å²) < 4.78 is 6.93. The zero-order valence-electron chi connectivity index (χ0n) is 26.2. The molecule has 2 aromatic heterocycles. The van der Waals surface area contributed by atoms with Crippen molar-refractivity contribution >= 4 is 17.2 Å². The third-order valence-corrected chi connectivity index (χ3v) is 10.6. The van der Waals surface area contributed by atoms with Crippen LogP contribution in [0.15, 0.2) is 82.6 Å². The van der Waals surface area contributed by atoms with Gasteiger partial charge in [0, 0.05) is 30.9 Å². The van der Waals surface area contributed by atoms with Crippen LogP contribution in [-0.4, -0.2) is 49.0 Å². The molecule has 6 rings (SSSR count). The van der Waals surface area contributed by atoms with E-state index in [-0.39, 0.29) is 6.04 Å². The van der Waals surface area contributed by atoms with Gasteiger partial charge >= 0.3 is 0 Å². The molecular formula is C37H48N4OS. The Labute approximate surface area is 262 Å². The van der Waals surface area contributed by atoms with E-state index >= 15 is 0 Å². The van der Waals surface area contributed by atoms with Gasteiger partial charge in [-0.25, -0.2) is 4.98 Å². The van der Waals surface area contributed by atoms with Crippen LogP contribution in [0.2, 0.25) is 0 Å². The number of rotatable bonds is 11. The topological polar surface area (TPSA) is 35.8 Å². The average molecular weight is 597 g/mol. The molecule has 0 spiro atoms. The minimum atomic E-state index is 0.245. The van der Waals surface area contributed by atoms with Crippen molar-refractivity contribution in [3.05, 3.63) is 106 Å². The van der Waals surface area contributed by atoms with Crippen molar-refractivity contribution in [1.29, 1.82) is 0 Å². The molecule has 5 nitrogen and oxygen atoms in total. The molecule has 2 aromatic carbocycles. The Kier molecular flexibility index (Phi) is 9.97. The van der Waals surface area contributed by atoms with Gasteiger partial charge in [-0.3, -0.25) is 4.90 Å². The Bertz CT molecular complexity index is 1370.